The van der Waals surface area contributed by atoms with Crippen molar-refractivity contribution in [2.45, 2.75) is 17.6 Å². The Balaban J connectivity index is 2.23. The van der Waals surface area contributed by atoms with Crippen LogP contribution in [0.1, 0.15) is 12.5 Å². The van der Waals surface area contributed by atoms with E-state index in [1.165, 1.54) is 6.07 Å². The van der Waals surface area contributed by atoms with Crippen LogP contribution in [0.4, 0.5) is 0 Å². The second-order valence-corrected chi connectivity index (χ2v) is 4.60. The zero-order valence-corrected chi connectivity index (χ0v) is 9.85. The Morgan fingerprint density at radius 3 is 3.18 bits per heavy atom. The lowest BCUT2D eigenvalue weighted by atomic mass is 10.2. The molecule has 6 nitrogen and oxygen atoms in total. The van der Waals surface area contributed by atoms with E-state index in [1.54, 1.807) is 6.20 Å². The van der Waals surface area contributed by atoms with Crippen LogP contribution in [0.5, 0.6) is 0 Å². The number of carboxylic acid groups (broad SMARTS) is 1. The van der Waals surface area contributed by atoms with Gasteiger partial charge in [-0.25, -0.2) is 0 Å². The van der Waals surface area contributed by atoms with Crippen LogP contribution in [-0.2, 0) is 9.53 Å². The number of ether oxygens (including phenoxy) is 1. The van der Waals surface area contributed by atoms with Gasteiger partial charge in [0.1, 0.15) is 0 Å². The molecule has 17 heavy (non-hydrogen) atoms. The van der Waals surface area contributed by atoms with Gasteiger partial charge < -0.3 is 14.4 Å². The van der Waals surface area contributed by atoms with Crippen molar-refractivity contribution in [3.05, 3.63) is 22.6 Å². The molecular weight excluding hydrogens is 244 g/mol. The highest BCUT2D eigenvalue weighted by Gasteiger charge is 2.20. The van der Waals surface area contributed by atoms with Gasteiger partial charge in [0.05, 0.1) is 18.4 Å². The van der Waals surface area contributed by atoms with Gasteiger partial charge in [-0.15, -0.1) is 0 Å². The summed E-state index contributed by atoms with van der Waals surface area (Å²) >= 11 is 1.05. The first-order chi connectivity index (χ1) is 8.16. The quantitative estimate of drug-likeness (QED) is 0.619. The summed E-state index contributed by atoms with van der Waals surface area (Å²) in [5, 5.41) is 9.08. The molecule has 2 heterocycles. The lowest BCUT2D eigenvalue weighted by molar-refractivity contribution is -0.133. The average molecular weight is 256 g/mol. The van der Waals surface area contributed by atoms with Crippen molar-refractivity contribution in [3.63, 3.8) is 0 Å². The summed E-state index contributed by atoms with van der Waals surface area (Å²) in [6.07, 6.45) is 2.50. The van der Waals surface area contributed by atoms with Gasteiger partial charge in [-0.3, -0.25) is 9.59 Å². The van der Waals surface area contributed by atoms with Crippen molar-refractivity contribution in [1.29, 1.82) is 0 Å². The van der Waals surface area contributed by atoms with Gasteiger partial charge in [0, 0.05) is 18.9 Å². The fourth-order valence-electron chi connectivity index (χ4n) is 1.65. The zero-order chi connectivity index (χ0) is 12.3. The first-order valence-corrected chi connectivity index (χ1v) is 6.17. The maximum Gasteiger partial charge on any atom is 0.313 e. The fourth-order valence-corrected chi connectivity index (χ4v) is 2.42. The molecule has 1 unspecified atom stereocenters. The Kier molecular flexibility index (Phi) is 3.80. The highest BCUT2D eigenvalue weighted by Crippen LogP contribution is 2.24. The highest BCUT2D eigenvalue weighted by atomic mass is 32.2. The van der Waals surface area contributed by atoms with Gasteiger partial charge in [-0.2, -0.15) is 4.98 Å². The molecule has 0 aliphatic carbocycles. The number of hydrogen-bond acceptors (Lipinski definition) is 5. The monoisotopic (exact) mass is 256 g/mol. The maximum atomic E-state index is 11.2. The Bertz CT molecular complexity index is 468. The molecule has 1 atom stereocenters. The molecule has 1 fully saturated rings. The van der Waals surface area contributed by atoms with Crippen molar-refractivity contribution in [1.82, 2.24) is 9.55 Å². The van der Waals surface area contributed by atoms with E-state index < -0.39 is 5.97 Å². The molecule has 0 aromatic carbocycles. The minimum atomic E-state index is -0.928. The summed E-state index contributed by atoms with van der Waals surface area (Å²) in [6.45, 7) is 1.25. The number of carbonyl (C=O) groups is 1. The molecule has 2 rings (SSSR count). The number of aromatic nitrogens is 2. The molecule has 0 bridgehead atoms. The molecule has 0 saturated carbocycles. The van der Waals surface area contributed by atoms with Gasteiger partial charge >= 0.3 is 5.97 Å². The van der Waals surface area contributed by atoms with Crippen LogP contribution < -0.4 is 5.56 Å². The van der Waals surface area contributed by atoms with Gasteiger partial charge in [0.25, 0.3) is 5.56 Å². The molecule has 0 radical (unpaired) electrons. The zero-order valence-electron chi connectivity index (χ0n) is 9.04. The van der Waals surface area contributed by atoms with Crippen LogP contribution in [0.2, 0.25) is 0 Å². The predicted octanol–water partition coefficient (Wildman–Crippen LogP) is 0.381. The molecule has 1 aliphatic heterocycles. The summed E-state index contributed by atoms with van der Waals surface area (Å²) in [7, 11) is 0. The Hall–Kier alpha value is -1.34. The lowest BCUT2D eigenvalue weighted by Crippen LogP contribution is -2.18. The van der Waals surface area contributed by atoms with Gasteiger partial charge in [-0.05, 0) is 6.42 Å². The van der Waals surface area contributed by atoms with Crippen molar-refractivity contribution in [2.75, 3.05) is 19.0 Å². The molecular formula is C10H12N2O4S. The maximum absolute atomic E-state index is 11.2. The minimum Gasteiger partial charge on any atom is -0.481 e. The first kappa shape index (κ1) is 12.1. The third-order valence-electron chi connectivity index (χ3n) is 2.43. The van der Waals surface area contributed by atoms with Gasteiger partial charge in [0.15, 0.2) is 5.16 Å². The molecule has 92 valence electrons. The molecule has 0 spiro atoms. The van der Waals surface area contributed by atoms with Crippen molar-refractivity contribution < 1.29 is 14.6 Å². The lowest BCUT2D eigenvalue weighted by Gasteiger charge is -2.16. The summed E-state index contributed by atoms with van der Waals surface area (Å²) in [5.41, 5.74) is -0.354. The Labute approximate surface area is 102 Å². The molecule has 7 heteroatoms. The SMILES string of the molecule is O=C(O)CSc1nc(=O)ccn1C1CCOC1. The first-order valence-electron chi connectivity index (χ1n) is 5.18. The minimum absolute atomic E-state index is 0.107. The standard InChI is InChI=1S/C10H12N2O4S/c13-8-1-3-12(7-2-4-16-5-7)10(11-8)17-6-9(14)15/h1,3,7H,2,4-6H2,(H,14,15). The summed E-state index contributed by atoms with van der Waals surface area (Å²) in [4.78, 5) is 25.6. The van der Waals surface area contributed by atoms with Gasteiger partial charge in [-0.1, -0.05) is 11.8 Å². The molecule has 1 aliphatic rings. The Morgan fingerprint density at radius 2 is 2.53 bits per heavy atom. The van der Waals surface area contributed by atoms with Crippen LogP contribution in [0.3, 0.4) is 0 Å². The summed E-state index contributed by atoms with van der Waals surface area (Å²) in [5.74, 6) is -1.04. The third kappa shape index (κ3) is 3.07. The van der Waals surface area contributed by atoms with Crippen LogP contribution in [0, 0.1) is 0 Å². The van der Waals surface area contributed by atoms with E-state index in [2.05, 4.69) is 4.98 Å². The number of rotatable bonds is 4. The van der Waals surface area contributed by atoms with Crippen LogP contribution in [0.15, 0.2) is 22.2 Å². The average Bonchev–Trinajstić information content (AvgIpc) is 2.80. The van der Waals surface area contributed by atoms with E-state index in [9.17, 15) is 9.59 Å². The molecule has 1 saturated heterocycles. The number of thioether (sulfide) groups is 1. The summed E-state index contributed by atoms with van der Waals surface area (Å²) < 4.78 is 7.09. The van der Waals surface area contributed by atoms with Crippen LogP contribution >= 0.6 is 11.8 Å². The number of carboxylic acids is 1. The van der Waals surface area contributed by atoms with Crippen molar-refractivity contribution in [2.24, 2.45) is 0 Å². The molecule has 1 aromatic rings. The van der Waals surface area contributed by atoms with E-state index in [1.807, 2.05) is 4.57 Å². The van der Waals surface area contributed by atoms with Crippen LogP contribution in [0.25, 0.3) is 0 Å². The predicted molar refractivity (Wildman–Crippen MR) is 61.3 cm³/mol. The van der Waals surface area contributed by atoms with Gasteiger partial charge in [0.2, 0.25) is 0 Å². The van der Waals surface area contributed by atoms with Crippen LogP contribution in [-0.4, -0.2) is 39.6 Å². The highest BCUT2D eigenvalue weighted by molar-refractivity contribution is 7.99. The topological polar surface area (TPSA) is 81.4 Å². The summed E-state index contributed by atoms with van der Waals surface area (Å²) in [6, 6.07) is 1.52. The largest absolute Gasteiger partial charge is 0.481 e. The van der Waals surface area contributed by atoms with Crippen molar-refractivity contribution in [3.8, 4) is 0 Å². The van der Waals surface area contributed by atoms with Crippen molar-refractivity contribution >= 4 is 17.7 Å². The molecule has 1 aromatic heterocycles. The van der Waals surface area contributed by atoms with E-state index in [0.29, 0.717) is 18.4 Å². The fraction of sp³-hybridized carbons (Fsp3) is 0.500. The molecule has 1 N–H and O–H groups in total. The third-order valence-corrected chi connectivity index (χ3v) is 3.38. The normalized spacial score (nSPS) is 19.4. The number of hydrogen-bond donors (Lipinski definition) is 1. The molecule has 0 amide bonds. The van der Waals surface area contributed by atoms with E-state index >= 15 is 0 Å². The smallest absolute Gasteiger partial charge is 0.313 e. The second-order valence-electron chi connectivity index (χ2n) is 3.66. The van der Waals surface area contributed by atoms with E-state index in [4.69, 9.17) is 9.84 Å². The number of aliphatic carboxylic acids is 1. The Morgan fingerprint density at radius 1 is 1.71 bits per heavy atom. The second kappa shape index (κ2) is 5.33. The van der Waals surface area contributed by atoms with E-state index in [-0.39, 0.29) is 17.4 Å². The number of nitrogens with zero attached hydrogens (tertiary/aromatic N) is 2. The van der Waals surface area contributed by atoms with E-state index in [0.717, 1.165) is 18.2 Å².